The highest BCUT2D eigenvalue weighted by Crippen LogP contribution is 2.29. The van der Waals surface area contributed by atoms with E-state index in [9.17, 15) is 9.59 Å². The average molecular weight is 322 g/mol. The van der Waals surface area contributed by atoms with Crippen molar-refractivity contribution in [3.05, 3.63) is 48.2 Å². The molecule has 0 aliphatic heterocycles. The molecular formula is C18H18N4O2. The number of carbonyl (C=O) groups is 2. The number of hydrogen-bond donors (Lipinski definition) is 2. The third kappa shape index (κ3) is 2.74. The number of nitrogens with two attached hydrogens (primary N) is 1. The van der Waals surface area contributed by atoms with Crippen molar-refractivity contribution >= 4 is 28.9 Å². The van der Waals surface area contributed by atoms with Crippen LogP contribution >= 0.6 is 0 Å². The fraction of sp³-hybridized carbons (Fsp3) is 0.167. The van der Waals surface area contributed by atoms with Crippen LogP contribution in [0, 0.1) is 0 Å². The number of aromatic nitrogens is 2. The molecule has 2 amide bonds. The van der Waals surface area contributed by atoms with Gasteiger partial charge in [-0.1, -0.05) is 18.2 Å². The fourth-order valence-electron chi connectivity index (χ4n) is 2.75. The van der Waals surface area contributed by atoms with Crippen LogP contribution in [0.4, 0.5) is 5.69 Å². The van der Waals surface area contributed by atoms with Crippen LogP contribution in [0.3, 0.4) is 0 Å². The summed E-state index contributed by atoms with van der Waals surface area (Å²) < 4.78 is 1.80. The van der Waals surface area contributed by atoms with Crippen molar-refractivity contribution in [2.75, 3.05) is 5.32 Å². The topological polar surface area (TPSA) is 90.0 Å². The summed E-state index contributed by atoms with van der Waals surface area (Å²) >= 11 is 0. The summed E-state index contributed by atoms with van der Waals surface area (Å²) in [6.45, 7) is 4.00. The molecule has 1 heterocycles. The summed E-state index contributed by atoms with van der Waals surface area (Å²) in [4.78, 5) is 22.3. The van der Waals surface area contributed by atoms with E-state index >= 15 is 0 Å². The van der Waals surface area contributed by atoms with E-state index in [0.717, 1.165) is 22.0 Å². The van der Waals surface area contributed by atoms with Crippen molar-refractivity contribution < 1.29 is 9.59 Å². The Morgan fingerprint density at radius 1 is 1.21 bits per heavy atom. The number of hydrogen-bond acceptors (Lipinski definition) is 3. The SMILES string of the molecule is CC(C)n1nc(C(N)=O)c2cc(-c3cccc(NC=O)c3)ccc21. The van der Waals surface area contributed by atoms with Crippen molar-refractivity contribution in [3.63, 3.8) is 0 Å². The molecule has 0 saturated heterocycles. The normalized spacial score (nSPS) is 11.0. The van der Waals surface area contributed by atoms with Gasteiger partial charge >= 0.3 is 0 Å². The van der Waals surface area contributed by atoms with E-state index in [-0.39, 0.29) is 11.7 Å². The summed E-state index contributed by atoms with van der Waals surface area (Å²) in [5.41, 5.74) is 9.16. The first kappa shape index (κ1) is 15.7. The number of amides is 2. The molecule has 2 aromatic carbocycles. The predicted octanol–water partition coefficient (Wildman–Crippen LogP) is 2.95. The van der Waals surface area contributed by atoms with E-state index in [4.69, 9.17) is 5.73 Å². The predicted molar refractivity (Wildman–Crippen MR) is 93.8 cm³/mol. The number of nitrogens with zero attached hydrogens (tertiary/aromatic N) is 2. The van der Waals surface area contributed by atoms with Gasteiger partial charge in [0.1, 0.15) is 0 Å². The smallest absolute Gasteiger partial charge is 0.269 e. The van der Waals surface area contributed by atoms with E-state index in [1.54, 1.807) is 4.68 Å². The Hall–Kier alpha value is -3.15. The fourth-order valence-corrected chi connectivity index (χ4v) is 2.75. The number of primary amides is 1. The molecule has 0 radical (unpaired) electrons. The standard InChI is InChI=1S/C18H18N4O2/c1-11(2)22-16-7-6-13(9-15(16)17(21-22)18(19)24)12-4-3-5-14(8-12)20-10-23/h3-11H,1-2H3,(H2,19,24)(H,20,23). The Morgan fingerprint density at radius 2 is 1.96 bits per heavy atom. The second-order valence-electron chi connectivity index (χ2n) is 5.83. The summed E-state index contributed by atoms with van der Waals surface area (Å²) in [6.07, 6.45) is 0.639. The third-order valence-corrected chi connectivity index (χ3v) is 3.85. The largest absolute Gasteiger partial charge is 0.364 e. The Morgan fingerprint density at radius 3 is 2.62 bits per heavy atom. The number of fused-ring (bicyclic) bond motifs is 1. The third-order valence-electron chi connectivity index (χ3n) is 3.85. The van der Waals surface area contributed by atoms with Crippen LogP contribution < -0.4 is 11.1 Å². The molecule has 0 aliphatic carbocycles. The van der Waals surface area contributed by atoms with E-state index in [0.29, 0.717) is 12.1 Å². The second kappa shape index (κ2) is 6.16. The molecule has 6 nitrogen and oxygen atoms in total. The van der Waals surface area contributed by atoms with Gasteiger partial charge in [0.05, 0.1) is 5.52 Å². The van der Waals surface area contributed by atoms with E-state index in [2.05, 4.69) is 10.4 Å². The first-order valence-electron chi connectivity index (χ1n) is 7.64. The highest BCUT2D eigenvalue weighted by molar-refractivity contribution is 6.05. The van der Waals surface area contributed by atoms with Gasteiger partial charge in [0.2, 0.25) is 6.41 Å². The van der Waals surface area contributed by atoms with Gasteiger partial charge in [-0.15, -0.1) is 0 Å². The maximum absolute atomic E-state index is 11.7. The highest BCUT2D eigenvalue weighted by atomic mass is 16.1. The lowest BCUT2D eigenvalue weighted by atomic mass is 10.0. The molecule has 0 bridgehead atoms. The maximum atomic E-state index is 11.7. The molecule has 0 aliphatic rings. The molecule has 6 heteroatoms. The zero-order valence-electron chi connectivity index (χ0n) is 13.5. The number of anilines is 1. The molecule has 0 unspecified atom stereocenters. The molecule has 0 atom stereocenters. The number of benzene rings is 2. The van der Waals surface area contributed by atoms with Gasteiger partial charge in [0.15, 0.2) is 5.69 Å². The first-order valence-corrected chi connectivity index (χ1v) is 7.64. The monoisotopic (exact) mass is 322 g/mol. The number of carbonyl (C=O) groups excluding carboxylic acids is 2. The summed E-state index contributed by atoms with van der Waals surface area (Å²) in [6, 6.07) is 13.4. The molecule has 3 rings (SSSR count). The lowest BCUT2D eigenvalue weighted by Crippen LogP contribution is -2.13. The Labute approximate surface area is 139 Å². The van der Waals surface area contributed by atoms with Gasteiger partial charge in [-0.25, -0.2) is 0 Å². The molecule has 0 saturated carbocycles. The quantitative estimate of drug-likeness (QED) is 0.708. The highest BCUT2D eigenvalue weighted by Gasteiger charge is 2.17. The van der Waals surface area contributed by atoms with E-state index < -0.39 is 5.91 Å². The van der Waals surface area contributed by atoms with Gasteiger partial charge in [0.25, 0.3) is 5.91 Å². The van der Waals surface area contributed by atoms with Crippen LogP contribution in [0.5, 0.6) is 0 Å². The minimum atomic E-state index is -0.548. The van der Waals surface area contributed by atoms with Crippen LogP contribution in [-0.2, 0) is 4.79 Å². The number of nitrogens with one attached hydrogen (secondary N) is 1. The van der Waals surface area contributed by atoms with E-state index in [1.807, 2.05) is 56.3 Å². The lowest BCUT2D eigenvalue weighted by molar-refractivity contribution is -0.105. The van der Waals surface area contributed by atoms with Crippen molar-refractivity contribution in [2.45, 2.75) is 19.9 Å². The van der Waals surface area contributed by atoms with Gasteiger partial charge in [-0.05, 0) is 49.2 Å². The molecule has 3 aromatic rings. The maximum Gasteiger partial charge on any atom is 0.269 e. The van der Waals surface area contributed by atoms with Crippen LogP contribution in [0.2, 0.25) is 0 Å². The molecular weight excluding hydrogens is 304 g/mol. The Balaban J connectivity index is 2.17. The van der Waals surface area contributed by atoms with Crippen molar-refractivity contribution in [3.8, 4) is 11.1 Å². The zero-order valence-corrected chi connectivity index (χ0v) is 13.5. The van der Waals surface area contributed by atoms with Gasteiger partial charge in [-0.3, -0.25) is 14.3 Å². The molecule has 3 N–H and O–H groups in total. The van der Waals surface area contributed by atoms with Crippen molar-refractivity contribution in [1.82, 2.24) is 9.78 Å². The van der Waals surface area contributed by atoms with Crippen LogP contribution in [0.15, 0.2) is 42.5 Å². The molecule has 0 fully saturated rings. The first-order chi connectivity index (χ1) is 11.5. The Bertz CT molecular complexity index is 928. The van der Waals surface area contributed by atoms with Crippen molar-refractivity contribution in [1.29, 1.82) is 0 Å². The van der Waals surface area contributed by atoms with Crippen molar-refractivity contribution in [2.24, 2.45) is 5.73 Å². The molecule has 24 heavy (non-hydrogen) atoms. The summed E-state index contributed by atoms with van der Waals surface area (Å²) in [7, 11) is 0. The molecule has 122 valence electrons. The van der Waals surface area contributed by atoms with Crippen LogP contribution in [0.25, 0.3) is 22.0 Å². The van der Waals surface area contributed by atoms with Crippen LogP contribution in [-0.4, -0.2) is 22.1 Å². The number of rotatable bonds is 5. The minimum Gasteiger partial charge on any atom is -0.364 e. The summed E-state index contributed by atoms with van der Waals surface area (Å²) in [5, 5.41) is 7.71. The summed E-state index contributed by atoms with van der Waals surface area (Å²) in [5.74, 6) is -0.548. The zero-order chi connectivity index (χ0) is 17.3. The average Bonchev–Trinajstić information content (AvgIpc) is 2.94. The minimum absolute atomic E-state index is 0.117. The van der Waals surface area contributed by atoms with Gasteiger partial charge in [-0.2, -0.15) is 5.10 Å². The van der Waals surface area contributed by atoms with Gasteiger partial charge < -0.3 is 11.1 Å². The lowest BCUT2D eigenvalue weighted by Gasteiger charge is -2.08. The van der Waals surface area contributed by atoms with E-state index in [1.165, 1.54) is 0 Å². The Kier molecular flexibility index (Phi) is 4.04. The van der Waals surface area contributed by atoms with Crippen LogP contribution in [0.1, 0.15) is 30.4 Å². The molecule has 0 spiro atoms. The second-order valence-corrected chi connectivity index (χ2v) is 5.83. The van der Waals surface area contributed by atoms with Gasteiger partial charge in [0, 0.05) is 17.1 Å². The molecule has 1 aromatic heterocycles.